The van der Waals surface area contributed by atoms with Gasteiger partial charge in [-0.15, -0.1) is 0 Å². The van der Waals surface area contributed by atoms with E-state index in [2.05, 4.69) is 11.1 Å². The van der Waals surface area contributed by atoms with E-state index in [0.717, 1.165) is 0 Å². The van der Waals surface area contributed by atoms with E-state index in [-0.39, 0.29) is 18.1 Å². The van der Waals surface area contributed by atoms with Crippen molar-refractivity contribution in [1.82, 2.24) is 4.98 Å². The topological polar surface area (TPSA) is 109 Å². The molecule has 29 heavy (non-hydrogen) atoms. The lowest BCUT2D eigenvalue weighted by Crippen LogP contribution is -2.41. The summed E-state index contributed by atoms with van der Waals surface area (Å²) < 4.78 is 5.85. The smallest absolute Gasteiger partial charge is 0.366 e. The Hall–Kier alpha value is -4.25. The molecule has 142 valence electrons. The minimum atomic E-state index is -0.916. The highest BCUT2D eigenvalue weighted by atomic mass is 16.6. The first kappa shape index (κ1) is 18.1. The van der Waals surface area contributed by atoms with Crippen molar-refractivity contribution in [3.8, 4) is 11.8 Å². The second kappa shape index (κ2) is 7.40. The van der Waals surface area contributed by atoms with Crippen molar-refractivity contribution in [2.75, 3.05) is 4.90 Å². The van der Waals surface area contributed by atoms with Crippen LogP contribution in [0.2, 0.25) is 0 Å². The van der Waals surface area contributed by atoms with Gasteiger partial charge >= 0.3 is 5.82 Å². The van der Waals surface area contributed by atoms with Crippen LogP contribution in [0.25, 0.3) is 0 Å². The maximum Gasteiger partial charge on any atom is 0.366 e. The Labute approximate surface area is 165 Å². The van der Waals surface area contributed by atoms with E-state index in [1.165, 1.54) is 17.0 Å². The van der Waals surface area contributed by atoms with Gasteiger partial charge in [-0.3, -0.25) is 9.69 Å². The number of anilines is 1. The standard InChI is InChI=1S/C21H14N4O4/c22-12-15-8-4-5-9-16(15)13-24-20-17(10-11-18(23-20)25(27)28)29-19(21(24)26)14-6-2-1-3-7-14/h1-11,19H,13H2. The molecular weight excluding hydrogens is 372 g/mol. The number of fused-ring (bicyclic) bond motifs is 1. The molecule has 1 aromatic heterocycles. The number of hydrogen-bond acceptors (Lipinski definition) is 6. The summed E-state index contributed by atoms with van der Waals surface area (Å²) in [4.78, 5) is 29.2. The van der Waals surface area contributed by atoms with Gasteiger partial charge in [0.25, 0.3) is 11.7 Å². The summed E-state index contributed by atoms with van der Waals surface area (Å²) >= 11 is 0. The number of amides is 1. The average molecular weight is 386 g/mol. The maximum atomic E-state index is 13.3. The van der Waals surface area contributed by atoms with Crippen molar-refractivity contribution >= 4 is 17.5 Å². The fourth-order valence-corrected chi connectivity index (χ4v) is 3.16. The van der Waals surface area contributed by atoms with Crippen molar-refractivity contribution < 1.29 is 14.5 Å². The number of hydrogen-bond donors (Lipinski definition) is 0. The van der Waals surface area contributed by atoms with Crippen LogP contribution in [0.5, 0.6) is 5.75 Å². The van der Waals surface area contributed by atoms with E-state index in [0.29, 0.717) is 16.7 Å². The zero-order valence-electron chi connectivity index (χ0n) is 15.1. The lowest BCUT2D eigenvalue weighted by atomic mass is 10.0. The summed E-state index contributed by atoms with van der Waals surface area (Å²) in [5, 5.41) is 20.5. The number of aromatic nitrogens is 1. The first-order valence-electron chi connectivity index (χ1n) is 8.75. The fourth-order valence-electron chi connectivity index (χ4n) is 3.16. The van der Waals surface area contributed by atoms with Crippen LogP contribution in [0, 0.1) is 21.4 Å². The normalized spacial score (nSPS) is 15.2. The molecule has 1 aliphatic heterocycles. The van der Waals surface area contributed by atoms with Crippen molar-refractivity contribution in [2.24, 2.45) is 0 Å². The third kappa shape index (κ3) is 3.37. The van der Waals surface area contributed by atoms with Gasteiger partial charge < -0.3 is 14.9 Å². The number of ether oxygens (including phenoxy) is 1. The van der Waals surface area contributed by atoms with Crippen LogP contribution in [-0.2, 0) is 11.3 Å². The Balaban J connectivity index is 1.82. The molecule has 0 spiro atoms. The van der Waals surface area contributed by atoms with Crippen molar-refractivity contribution in [1.29, 1.82) is 5.26 Å². The first-order valence-corrected chi connectivity index (χ1v) is 8.75. The minimum absolute atomic E-state index is 0.0381. The van der Waals surface area contributed by atoms with Gasteiger partial charge in [0.15, 0.2) is 5.75 Å². The zero-order chi connectivity index (χ0) is 20.4. The van der Waals surface area contributed by atoms with Crippen molar-refractivity contribution in [3.05, 3.63) is 93.5 Å². The summed E-state index contributed by atoms with van der Waals surface area (Å²) in [6.45, 7) is 0.0381. The van der Waals surface area contributed by atoms with E-state index in [1.54, 1.807) is 48.5 Å². The molecule has 8 nitrogen and oxygen atoms in total. The third-order valence-electron chi connectivity index (χ3n) is 4.57. The molecule has 2 heterocycles. The summed E-state index contributed by atoms with van der Waals surface area (Å²) in [5.74, 6) is -0.482. The largest absolute Gasteiger partial charge is 0.469 e. The zero-order valence-corrected chi connectivity index (χ0v) is 15.1. The number of rotatable bonds is 4. The van der Waals surface area contributed by atoms with Crippen LogP contribution in [-0.4, -0.2) is 15.8 Å². The molecular formula is C21H14N4O4. The van der Waals surface area contributed by atoms with Crippen LogP contribution in [0.15, 0.2) is 66.7 Å². The predicted molar refractivity (Wildman–Crippen MR) is 103 cm³/mol. The van der Waals surface area contributed by atoms with Crippen LogP contribution >= 0.6 is 0 Å². The average Bonchev–Trinajstić information content (AvgIpc) is 2.76. The highest BCUT2D eigenvalue weighted by molar-refractivity contribution is 5.99. The second-order valence-electron chi connectivity index (χ2n) is 6.35. The van der Waals surface area contributed by atoms with Gasteiger partial charge in [-0.25, -0.2) is 0 Å². The Bertz CT molecular complexity index is 1140. The lowest BCUT2D eigenvalue weighted by Gasteiger charge is -2.31. The van der Waals surface area contributed by atoms with Crippen molar-refractivity contribution in [3.63, 3.8) is 0 Å². The number of carbonyl (C=O) groups is 1. The van der Waals surface area contributed by atoms with E-state index < -0.39 is 22.8 Å². The Morgan fingerprint density at radius 2 is 1.83 bits per heavy atom. The van der Waals surface area contributed by atoms with E-state index in [1.807, 2.05) is 6.07 Å². The molecule has 0 aliphatic carbocycles. The highest BCUT2D eigenvalue weighted by Crippen LogP contribution is 2.39. The fraction of sp³-hybridized carbons (Fsp3) is 0.0952. The minimum Gasteiger partial charge on any atom is -0.469 e. The van der Waals surface area contributed by atoms with E-state index in [9.17, 15) is 20.2 Å². The number of benzene rings is 2. The lowest BCUT2D eigenvalue weighted by molar-refractivity contribution is -0.389. The predicted octanol–water partition coefficient (Wildman–Crippen LogP) is 3.53. The molecule has 0 bridgehead atoms. The molecule has 4 rings (SSSR count). The maximum absolute atomic E-state index is 13.3. The highest BCUT2D eigenvalue weighted by Gasteiger charge is 2.40. The van der Waals surface area contributed by atoms with Gasteiger partial charge in [-0.05, 0) is 27.6 Å². The monoisotopic (exact) mass is 386 g/mol. The molecule has 1 atom stereocenters. The first-order chi connectivity index (χ1) is 14.1. The SMILES string of the molecule is N#Cc1ccccc1CN1C(=O)C(c2ccccc2)Oc2ccc([N+](=O)[O-])nc21. The molecule has 1 unspecified atom stereocenters. The summed E-state index contributed by atoms with van der Waals surface area (Å²) in [6.07, 6.45) is -0.916. The Kier molecular flexibility index (Phi) is 4.63. The molecule has 1 amide bonds. The number of nitriles is 1. The van der Waals surface area contributed by atoms with Crippen LogP contribution in [0.4, 0.5) is 11.6 Å². The van der Waals surface area contributed by atoms with Gasteiger partial charge in [0, 0.05) is 11.6 Å². The van der Waals surface area contributed by atoms with E-state index >= 15 is 0 Å². The van der Waals surface area contributed by atoms with Gasteiger partial charge in [-0.1, -0.05) is 48.5 Å². The van der Waals surface area contributed by atoms with Crippen LogP contribution in [0.3, 0.4) is 0 Å². The second-order valence-corrected chi connectivity index (χ2v) is 6.35. The summed E-state index contributed by atoms with van der Waals surface area (Å²) in [6, 6.07) is 20.6. The van der Waals surface area contributed by atoms with Gasteiger partial charge in [0.1, 0.15) is 0 Å². The molecule has 1 aliphatic rings. The summed E-state index contributed by atoms with van der Waals surface area (Å²) in [5.41, 5.74) is 1.67. The van der Waals surface area contributed by atoms with Crippen LogP contribution in [0.1, 0.15) is 22.8 Å². The molecule has 0 fully saturated rings. The number of nitro groups is 1. The third-order valence-corrected chi connectivity index (χ3v) is 4.57. The van der Waals surface area contributed by atoms with Crippen LogP contribution < -0.4 is 9.64 Å². The van der Waals surface area contributed by atoms with E-state index in [4.69, 9.17) is 4.74 Å². The molecule has 8 heteroatoms. The summed E-state index contributed by atoms with van der Waals surface area (Å²) in [7, 11) is 0. The molecule has 0 radical (unpaired) electrons. The van der Waals surface area contributed by atoms with Gasteiger partial charge in [-0.2, -0.15) is 5.26 Å². The molecule has 0 saturated heterocycles. The Morgan fingerprint density at radius 3 is 2.55 bits per heavy atom. The number of pyridine rings is 1. The number of carbonyl (C=O) groups excluding carboxylic acids is 1. The quantitative estimate of drug-likeness (QED) is 0.501. The molecule has 3 aromatic rings. The van der Waals surface area contributed by atoms with Crippen molar-refractivity contribution in [2.45, 2.75) is 12.6 Å². The Morgan fingerprint density at radius 1 is 1.10 bits per heavy atom. The van der Waals surface area contributed by atoms with Gasteiger partial charge in [0.2, 0.25) is 6.10 Å². The number of nitrogens with zero attached hydrogens (tertiary/aromatic N) is 4. The molecule has 0 saturated carbocycles. The van der Waals surface area contributed by atoms with Gasteiger partial charge in [0.05, 0.1) is 18.2 Å². The molecule has 0 N–H and O–H groups in total. The molecule has 2 aromatic carbocycles.